The van der Waals surface area contributed by atoms with E-state index in [2.05, 4.69) is 28.9 Å². The molecule has 3 N–H and O–H groups in total. The third kappa shape index (κ3) is 3.48. The predicted molar refractivity (Wildman–Crippen MR) is 84.2 cm³/mol. The second-order valence-corrected chi connectivity index (χ2v) is 6.47. The highest BCUT2D eigenvalue weighted by Gasteiger charge is 2.21. The molecule has 1 unspecified atom stereocenters. The molecule has 0 radical (unpaired) electrons. The first-order valence-electron chi connectivity index (χ1n) is 6.25. The van der Waals surface area contributed by atoms with Crippen molar-refractivity contribution in [3.63, 3.8) is 0 Å². The summed E-state index contributed by atoms with van der Waals surface area (Å²) in [5.41, 5.74) is 4.79. The van der Waals surface area contributed by atoms with Crippen LogP contribution in [0.25, 0.3) is 0 Å². The lowest BCUT2D eigenvalue weighted by molar-refractivity contribution is 0.551. The zero-order valence-corrected chi connectivity index (χ0v) is 13.6. The number of hydrazine groups is 1. The molecule has 2 aromatic rings. The minimum atomic E-state index is -0.0638. The van der Waals surface area contributed by atoms with Crippen LogP contribution in [0, 0.1) is 0 Å². The molecule has 0 saturated carbocycles. The molecule has 0 aliphatic carbocycles. The van der Waals surface area contributed by atoms with Gasteiger partial charge in [0.2, 0.25) is 0 Å². The van der Waals surface area contributed by atoms with Crippen LogP contribution in [0.15, 0.2) is 18.2 Å². The zero-order valence-electron chi connectivity index (χ0n) is 11.2. The van der Waals surface area contributed by atoms with E-state index in [0.29, 0.717) is 22.4 Å². The van der Waals surface area contributed by atoms with Gasteiger partial charge in [0.25, 0.3) is 0 Å². The van der Waals surface area contributed by atoms with Gasteiger partial charge in [-0.15, -0.1) is 5.10 Å². The van der Waals surface area contributed by atoms with E-state index < -0.39 is 0 Å². The average Bonchev–Trinajstić information content (AvgIpc) is 2.87. The first kappa shape index (κ1) is 15.7. The molecule has 0 bridgehead atoms. The Bertz CT molecular complexity index is 586. The number of halogens is 2. The van der Waals surface area contributed by atoms with E-state index in [1.165, 1.54) is 11.5 Å². The van der Waals surface area contributed by atoms with Crippen molar-refractivity contribution in [2.45, 2.75) is 32.2 Å². The number of nitrogens with one attached hydrogen (secondary N) is 1. The molecule has 0 aliphatic rings. The van der Waals surface area contributed by atoms with Crippen molar-refractivity contribution in [2.75, 3.05) is 0 Å². The number of nitrogens with zero attached hydrogens (tertiary/aromatic N) is 2. The van der Waals surface area contributed by atoms with Gasteiger partial charge in [0.15, 0.2) is 0 Å². The maximum absolute atomic E-state index is 6.21. The molecular weight excluding hydrogens is 315 g/mol. The molecule has 1 heterocycles. The highest BCUT2D eigenvalue weighted by atomic mass is 35.5. The molecule has 108 valence electrons. The van der Waals surface area contributed by atoms with E-state index in [1.54, 1.807) is 6.07 Å². The quantitative estimate of drug-likeness (QED) is 0.647. The SMILES string of the molecule is CC(C)c1nnsc1C(Cc1ccc(Cl)cc1Cl)NN. The van der Waals surface area contributed by atoms with Crippen LogP contribution in [-0.2, 0) is 6.42 Å². The Morgan fingerprint density at radius 3 is 2.70 bits per heavy atom. The summed E-state index contributed by atoms with van der Waals surface area (Å²) in [5.74, 6) is 6.00. The van der Waals surface area contributed by atoms with E-state index in [-0.39, 0.29) is 6.04 Å². The predicted octanol–water partition coefficient (Wildman–Crippen LogP) is 3.72. The standard InChI is InChI=1S/C13H16Cl2N4S/c1-7(2)12-13(20-19-18-12)11(17-16)5-8-3-4-9(14)6-10(8)15/h3-4,6-7,11,17H,5,16H2,1-2H3. The summed E-state index contributed by atoms with van der Waals surface area (Å²) in [6, 6.07) is 5.41. The van der Waals surface area contributed by atoms with E-state index in [1.807, 2.05) is 12.1 Å². The molecule has 0 fully saturated rings. The van der Waals surface area contributed by atoms with Gasteiger partial charge in [-0.1, -0.05) is 47.6 Å². The zero-order chi connectivity index (χ0) is 14.7. The Kier molecular flexibility index (Phi) is 5.35. The van der Waals surface area contributed by atoms with E-state index in [0.717, 1.165) is 16.1 Å². The molecule has 20 heavy (non-hydrogen) atoms. The average molecular weight is 331 g/mol. The summed E-state index contributed by atoms with van der Waals surface area (Å²) in [4.78, 5) is 1.05. The van der Waals surface area contributed by atoms with Gasteiger partial charge in [0.05, 0.1) is 16.6 Å². The van der Waals surface area contributed by atoms with Gasteiger partial charge in [-0.05, 0) is 41.6 Å². The van der Waals surface area contributed by atoms with Crippen molar-refractivity contribution >= 4 is 34.7 Å². The van der Waals surface area contributed by atoms with Crippen LogP contribution >= 0.6 is 34.7 Å². The van der Waals surface area contributed by atoms with Crippen LogP contribution in [0.3, 0.4) is 0 Å². The maximum atomic E-state index is 6.21. The van der Waals surface area contributed by atoms with E-state index in [9.17, 15) is 0 Å². The molecule has 0 amide bonds. The fourth-order valence-electron chi connectivity index (χ4n) is 1.98. The summed E-state index contributed by atoms with van der Waals surface area (Å²) >= 11 is 13.5. The summed E-state index contributed by atoms with van der Waals surface area (Å²) in [7, 11) is 0. The summed E-state index contributed by atoms with van der Waals surface area (Å²) < 4.78 is 4.03. The summed E-state index contributed by atoms with van der Waals surface area (Å²) in [6.45, 7) is 4.17. The van der Waals surface area contributed by atoms with Crippen molar-refractivity contribution in [3.05, 3.63) is 44.4 Å². The van der Waals surface area contributed by atoms with Crippen LogP contribution < -0.4 is 11.3 Å². The number of hydrogen-bond acceptors (Lipinski definition) is 5. The van der Waals surface area contributed by atoms with Crippen molar-refractivity contribution in [1.82, 2.24) is 15.0 Å². The molecular formula is C13H16Cl2N4S. The molecule has 2 rings (SSSR count). The first-order chi connectivity index (χ1) is 9.52. The third-order valence-corrected chi connectivity index (χ3v) is 4.48. The minimum absolute atomic E-state index is 0.0638. The van der Waals surface area contributed by atoms with Crippen molar-refractivity contribution < 1.29 is 0 Å². The van der Waals surface area contributed by atoms with Gasteiger partial charge in [-0.3, -0.25) is 11.3 Å². The van der Waals surface area contributed by atoms with Gasteiger partial charge < -0.3 is 0 Å². The lowest BCUT2D eigenvalue weighted by atomic mass is 10.0. The van der Waals surface area contributed by atoms with Crippen molar-refractivity contribution in [3.8, 4) is 0 Å². The molecule has 1 aromatic heterocycles. The maximum Gasteiger partial charge on any atom is 0.0829 e. The smallest absolute Gasteiger partial charge is 0.0829 e. The lowest BCUT2D eigenvalue weighted by Gasteiger charge is -2.17. The monoisotopic (exact) mass is 330 g/mol. The lowest BCUT2D eigenvalue weighted by Crippen LogP contribution is -2.29. The first-order valence-corrected chi connectivity index (χ1v) is 7.78. The molecule has 7 heteroatoms. The Balaban J connectivity index is 2.26. The normalized spacial score (nSPS) is 12.9. The molecule has 1 aromatic carbocycles. The molecule has 0 spiro atoms. The number of benzene rings is 1. The number of hydrogen-bond donors (Lipinski definition) is 2. The number of aromatic nitrogens is 2. The minimum Gasteiger partial charge on any atom is -0.271 e. The third-order valence-electron chi connectivity index (χ3n) is 3.04. The number of nitrogens with two attached hydrogens (primary N) is 1. The van der Waals surface area contributed by atoms with Crippen LogP contribution in [-0.4, -0.2) is 9.59 Å². The van der Waals surface area contributed by atoms with Crippen LogP contribution in [0.2, 0.25) is 10.0 Å². The fourth-order valence-corrected chi connectivity index (χ4v) is 3.33. The Hall–Kier alpha value is -0.720. The second-order valence-electron chi connectivity index (χ2n) is 4.84. The van der Waals surface area contributed by atoms with Crippen LogP contribution in [0.5, 0.6) is 0 Å². The highest BCUT2D eigenvalue weighted by Crippen LogP contribution is 2.30. The van der Waals surface area contributed by atoms with Crippen molar-refractivity contribution in [2.24, 2.45) is 5.84 Å². The topological polar surface area (TPSA) is 63.8 Å². The Labute approximate surface area is 132 Å². The molecule has 1 atom stereocenters. The van der Waals surface area contributed by atoms with Gasteiger partial charge >= 0.3 is 0 Å². The number of rotatable bonds is 5. The summed E-state index contributed by atoms with van der Waals surface area (Å²) in [5, 5.41) is 5.45. The van der Waals surface area contributed by atoms with Gasteiger partial charge in [-0.2, -0.15) is 0 Å². The highest BCUT2D eigenvalue weighted by molar-refractivity contribution is 7.05. The van der Waals surface area contributed by atoms with Crippen LogP contribution in [0.1, 0.15) is 41.9 Å². The van der Waals surface area contributed by atoms with Gasteiger partial charge in [0, 0.05) is 10.0 Å². The van der Waals surface area contributed by atoms with E-state index >= 15 is 0 Å². The largest absolute Gasteiger partial charge is 0.271 e. The van der Waals surface area contributed by atoms with Crippen LogP contribution in [0.4, 0.5) is 0 Å². The van der Waals surface area contributed by atoms with Gasteiger partial charge in [0.1, 0.15) is 0 Å². The molecule has 4 nitrogen and oxygen atoms in total. The van der Waals surface area contributed by atoms with Crippen molar-refractivity contribution in [1.29, 1.82) is 0 Å². The summed E-state index contributed by atoms with van der Waals surface area (Å²) in [6.07, 6.45) is 0.663. The Morgan fingerprint density at radius 1 is 1.35 bits per heavy atom. The Morgan fingerprint density at radius 2 is 2.10 bits per heavy atom. The second kappa shape index (κ2) is 6.83. The van der Waals surface area contributed by atoms with E-state index in [4.69, 9.17) is 29.0 Å². The van der Waals surface area contributed by atoms with Gasteiger partial charge in [-0.25, -0.2) is 0 Å². The molecule has 0 saturated heterocycles. The molecule has 0 aliphatic heterocycles. The fraction of sp³-hybridized carbons (Fsp3) is 0.385.